The molecule has 0 spiro atoms. The van der Waals surface area contributed by atoms with E-state index < -0.39 is 4.92 Å². The van der Waals surface area contributed by atoms with Crippen LogP contribution in [-0.2, 0) is 11.2 Å². The number of nitro groups is 1. The number of non-ortho nitro benzene ring substituents is 1. The molecule has 0 aromatic heterocycles. The Hall–Kier alpha value is -1.66. The summed E-state index contributed by atoms with van der Waals surface area (Å²) in [4.78, 5) is 24.4. The average molecular weight is 328 g/mol. The second-order valence-corrected chi connectivity index (χ2v) is 5.71. The van der Waals surface area contributed by atoms with E-state index in [4.69, 9.17) is 5.73 Å². The summed E-state index contributed by atoms with van der Waals surface area (Å²) in [7, 11) is 0. The molecular formula is C15H22ClN3O3. The summed E-state index contributed by atoms with van der Waals surface area (Å²) in [5.41, 5.74) is 6.60. The Kier molecular flexibility index (Phi) is 6.77. The van der Waals surface area contributed by atoms with Crippen molar-refractivity contribution in [1.29, 1.82) is 0 Å². The van der Waals surface area contributed by atoms with E-state index in [1.165, 1.54) is 12.1 Å². The first-order valence-electron chi connectivity index (χ1n) is 7.24. The van der Waals surface area contributed by atoms with Gasteiger partial charge in [-0.25, -0.2) is 0 Å². The minimum atomic E-state index is -0.442. The molecule has 1 heterocycles. The smallest absolute Gasteiger partial charge is 0.269 e. The van der Waals surface area contributed by atoms with Crippen LogP contribution in [-0.4, -0.2) is 34.9 Å². The molecule has 22 heavy (non-hydrogen) atoms. The molecule has 0 radical (unpaired) electrons. The highest BCUT2D eigenvalue weighted by Gasteiger charge is 2.28. The lowest BCUT2D eigenvalue weighted by Gasteiger charge is -2.38. The first-order chi connectivity index (χ1) is 10.0. The fraction of sp³-hybridized carbons (Fsp3) is 0.533. The summed E-state index contributed by atoms with van der Waals surface area (Å²) in [6.07, 6.45) is 2.22. The third-order valence-corrected chi connectivity index (χ3v) is 4.07. The van der Waals surface area contributed by atoms with E-state index in [9.17, 15) is 14.9 Å². The fourth-order valence-corrected chi connectivity index (χ4v) is 2.82. The van der Waals surface area contributed by atoms with E-state index in [-0.39, 0.29) is 36.5 Å². The fourth-order valence-electron chi connectivity index (χ4n) is 2.82. The number of nitrogens with two attached hydrogens (primary N) is 1. The number of carbonyl (C=O) groups excluding carboxylic acids is 1. The molecule has 0 bridgehead atoms. The highest BCUT2D eigenvalue weighted by molar-refractivity contribution is 5.85. The van der Waals surface area contributed by atoms with Gasteiger partial charge in [0.25, 0.3) is 5.69 Å². The normalized spacial score (nSPS) is 21.1. The maximum atomic E-state index is 12.4. The van der Waals surface area contributed by atoms with Crippen molar-refractivity contribution in [1.82, 2.24) is 4.90 Å². The van der Waals surface area contributed by atoms with E-state index in [0.29, 0.717) is 12.5 Å². The molecule has 2 unspecified atom stereocenters. The second-order valence-electron chi connectivity index (χ2n) is 5.71. The number of likely N-dealkylation sites (tertiary alicyclic amines) is 1. The molecule has 1 aromatic carbocycles. The molecule has 7 heteroatoms. The minimum absolute atomic E-state index is 0. The lowest BCUT2D eigenvalue weighted by atomic mass is 9.92. The van der Waals surface area contributed by atoms with Gasteiger partial charge in [0.2, 0.25) is 5.91 Å². The van der Waals surface area contributed by atoms with E-state index in [2.05, 4.69) is 6.92 Å². The molecule has 2 N–H and O–H groups in total. The second kappa shape index (κ2) is 8.10. The molecule has 122 valence electrons. The van der Waals surface area contributed by atoms with Crippen LogP contribution in [0.25, 0.3) is 0 Å². The SMILES string of the molecule is CC1CCN(C(=O)Cc2ccc([N+](=O)[O-])cc2)C(CN)C1.Cl. The molecule has 1 aliphatic rings. The molecule has 1 fully saturated rings. The standard InChI is InChI=1S/C15H21N3O3.ClH/c1-11-6-7-17(14(8-11)10-16)15(19)9-12-2-4-13(5-3-12)18(20)21;/h2-5,11,14H,6-10,16H2,1H3;1H. The monoisotopic (exact) mass is 327 g/mol. The minimum Gasteiger partial charge on any atom is -0.338 e. The Balaban J connectivity index is 0.00000242. The zero-order valence-electron chi connectivity index (χ0n) is 12.6. The zero-order valence-corrected chi connectivity index (χ0v) is 13.4. The van der Waals surface area contributed by atoms with Crippen LogP contribution in [0.15, 0.2) is 24.3 Å². The van der Waals surface area contributed by atoms with Gasteiger partial charge in [-0.1, -0.05) is 19.1 Å². The van der Waals surface area contributed by atoms with Crippen LogP contribution in [0.4, 0.5) is 5.69 Å². The number of piperidine rings is 1. The van der Waals surface area contributed by atoms with Gasteiger partial charge in [-0.05, 0) is 24.3 Å². The van der Waals surface area contributed by atoms with Crippen molar-refractivity contribution in [2.45, 2.75) is 32.2 Å². The first kappa shape index (κ1) is 18.4. The van der Waals surface area contributed by atoms with Crippen molar-refractivity contribution in [3.8, 4) is 0 Å². The predicted octanol–water partition coefficient (Wildman–Crippen LogP) is 2.14. The van der Waals surface area contributed by atoms with Gasteiger partial charge < -0.3 is 10.6 Å². The van der Waals surface area contributed by atoms with Gasteiger partial charge in [-0.3, -0.25) is 14.9 Å². The number of carbonyl (C=O) groups is 1. The zero-order chi connectivity index (χ0) is 15.4. The number of rotatable bonds is 4. The summed E-state index contributed by atoms with van der Waals surface area (Å²) < 4.78 is 0. The van der Waals surface area contributed by atoms with Gasteiger partial charge in [0.1, 0.15) is 0 Å². The molecule has 1 amide bonds. The molecule has 2 atom stereocenters. The number of hydrogen-bond donors (Lipinski definition) is 1. The van der Waals surface area contributed by atoms with Crippen LogP contribution >= 0.6 is 12.4 Å². The van der Waals surface area contributed by atoms with E-state index in [1.54, 1.807) is 12.1 Å². The van der Waals surface area contributed by atoms with Crippen LogP contribution in [0.5, 0.6) is 0 Å². The molecule has 0 saturated carbocycles. The predicted molar refractivity (Wildman–Crippen MR) is 87.0 cm³/mol. The van der Waals surface area contributed by atoms with Crippen molar-refractivity contribution < 1.29 is 9.72 Å². The average Bonchev–Trinajstić information content (AvgIpc) is 2.47. The molecule has 6 nitrogen and oxygen atoms in total. The van der Waals surface area contributed by atoms with E-state index >= 15 is 0 Å². The van der Waals surface area contributed by atoms with Gasteiger partial charge >= 0.3 is 0 Å². The quantitative estimate of drug-likeness (QED) is 0.677. The van der Waals surface area contributed by atoms with Crippen molar-refractivity contribution in [2.75, 3.05) is 13.1 Å². The van der Waals surface area contributed by atoms with Crippen LogP contribution in [0.3, 0.4) is 0 Å². The molecule has 2 rings (SSSR count). The molecule has 0 aliphatic carbocycles. The Morgan fingerprint density at radius 2 is 2.05 bits per heavy atom. The van der Waals surface area contributed by atoms with Crippen molar-refractivity contribution in [3.63, 3.8) is 0 Å². The van der Waals surface area contributed by atoms with Crippen molar-refractivity contribution in [3.05, 3.63) is 39.9 Å². The number of amides is 1. The Labute approximate surface area is 136 Å². The Morgan fingerprint density at radius 3 is 2.59 bits per heavy atom. The van der Waals surface area contributed by atoms with Gasteiger partial charge in [-0.15, -0.1) is 12.4 Å². The molecule has 1 aliphatic heterocycles. The summed E-state index contributed by atoms with van der Waals surface area (Å²) in [6, 6.07) is 6.25. The number of hydrogen-bond acceptors (Lipinski definition) is 4. The first-order valence-corrected chi connectivity index (χ1v) is 7.24. The molecule has 1 aromatic rings. The molecule has 1 saturated heterocycles. The Bertz CT molecular complexity index is 521. The number of nitrogens with zero attached hydrogens (tertiary/aromatic N) is 2. The van der Waals surface area contributed by atoms with Crippen LogP contribution in [0, 0.1) is 16.0 Å². The van der Waals surface area contributed by atoms with Crippen LogP contribution in [0.2, 0.25) is 0 Å². The van der Waals surface area contributed by atoms with Gasteiger partial charge in [0.15, 0.2) is 0 Å². The van der Waals surface area contributed by atoms with Crippen molar-refractivity contribution >= 4 is 24.0 Å². The van der Waals surface area contributed by atoms with Gasteiger partial charge in [-0.2, -0.15) is 0 Å². The highest BCUT2D eigenvalue weighted by atomic mass is 35.5. The van der Waals surface area contributed by atoms with Crippen molar-refractivity contribution in [2.24, 2.45) is 11.7 Å². The maximum Gasteiger partial charge on any atom is 0.269 e. The highest BCUT2D eigenvalue weighted by Crippen LogP contribution is 2.23. The number of halogens is 1. The Morgan fingerprint density at radius 1 is 1.41 bits per heavy atom. The van der Waals surface area contributed by atoms with Gasteiger partial charge in [0, 0.05) is 31.3 Å². The third-order valence-electron chi connectivity index (χ3n) is 4.07. The third kappa shape index (κ3) is 4.42. The maximum absolute atomic E-state index is 12.4. The topological polar surface area (TPSA) is 89.5 Å². The summed E-state index contributed by atoms with van der Waals surface area (Å²) in [5.74, 6) is 0.646. The molecular weight excluding hydrogens is 306 g/mol. The lowest BCUT2D eigenvalue weighted by molar-refractivity contribution is -0.384. The van der Waals surface area contributed by atoms with E-state index in [0.717, 1.165) is 24.9 Å². The number of nitro benzene ring substituents is 1. The summed E-state index contributed by atoms with van der Waals surface area (Å²) in [6.45, 7) is 3.41. The summed E-state index contributed by atoms with van der Waals surface area (Å²) in [5, 5.41) is 10.6. The van der Waals surface area contributed by atoms with Crippen LogP contribution in [0.1, 0.15) is 25.3 Å². The van der Waals surface area contributed by atoms with Gasteiger partial charge in [0.05, 0.1) is 11.3 Å². The van der Waals surface area contributed by atoms with Crippen LogP contribution < -0.4 is 5.73 Å². The number of benzene rings is 1. The summed E-state index contributed by atoms with van der Waals surface area (Å²) >= 11 is 0. The lowest BCUT2D eigenvalue weighted by Crippen LogP contribution is -2.49. The largest absolute Gasteiger partial charge is 0.338 e. The van der Waals surface area contributed by atoms with E-state index in [1.807, 2.05) is 4.90 Å².